The van der Waals surface area contributed by atoms with Crippen LogP contribution in [0.5, 0.6) is 17.2 Å². The first-order valence-electron chi connectivity index (χ1n) is 10.00. The van der Waals surface area contributed by atoms with E-state index in [0.29, 0.717) is 16.9 Å². The lowest BCUT2D eigenvalue weighted by Gasteiger charge is -2.22. The Kier molecular flexibility index (Phi) is 6.43. The predicted molar refractivity (Wildman–Crippen MR) is 123 cm³/mol. The minimum atomic E-state index is -0.661. The van der Waals surface area contributed by atoms with Crippen molar-refractivity contribution in [2.75, 3.05) is 46.9 Å². The van der Waals surface area contributed by atoms with Gasteiger partial charge in [0.15, 0.2) is 23.1 Å². The number of nitrogens with one attached hydrogen (secondary N) is 1. The number of fused-ring (bicyclic) bond motifs is 1. The van der Waals surface area contributed by atoms with Crippen molar-refractivity contribution >= 4 is 22.9 Å². The van der Waals surface area contributed by atoms with Gasteiger partial charge in [-0.15, -0.1) is 0 Å². The standard InChI is InChI=1S/C24H28FN3O4/c1-13(2)16-8-14(9-17(27(3)4)22(16)31-6)18(29)12-28-11-15-10-19(30-5)23(32-7)21(25)20(15)24(28)26/h8-10,26H,1,11-12H2,2-7H3. The molecule has 0 saturated carbocycles. The van der Waals surface area contributed by atoms with Gasteiger partial charge in [-0.25, -0.2) is 4.39 Å². The van der Waals surface area contributed by atoms with Crippen LogP contribution in [0.15, 0.2) is 24.8 Å². The van der Waals surface area contributed by atoms with E-state index in [0.717, 1.165) is 16.8 Å². The van der Waals surface area contributed by atoms with Gasteiger partial charge in [-0.2, -0.15) is 0 Å². The lowest BCUT2D eigenvalue weighted by atomic mass is 9.99. The highest BCUT2D eigenvalue weighted by Gasteiger charge is 2.33. The van der Waals surface area contributed by atoms with Gasteiger partial charge in [-0.05, 0) is 36.3 Å². The second-order valence-electron chi connectivity index (χ2n) is 7.84. The SMILES string of the molecule is C=C(C)c1cc(C(=O)CN2Cc3cc(OC)c(OC)c(F)c3C2=N)cc(N(C)C)c1OC. The zero-order valence-electron chi connectivity index (χ0n) is 19.3. The molecule has 2 aromatic rings. The molecule has 0 aromatic heterocycles. The van der Waals surface area contributed by atoms with Crippen molar-refractivity contribution in [1.29, 1.82) is 5.41 Å². The number of anilines is 1. The van der Waals surface area contributed by atoms with E-state index in [2.05, 4.69) is 6.58 Å². The number of ether oxygens (including phenoxy) is 3. The quantitative estimate of drug-likeness (QED) is 0.625. The van der Waals surface area contributed by atoms with Crippen LogP contribution in [-0.4, -0.2) is 58.5 Å². The highest BCUT2D eigenvalue weighted by Crippen LogP contribution is 2.39. The number of nitrogens with zero attached hydrogens (tertiary/aromatic N) is 2. The van der Waals surface area contributed by atoms with Gasteiger partial charge in [-0.1, -0.05) is 6.58 Å². The molecule has 1 aliphatic rings. The summed E-state index contributed by atoms with van der Waals surface area (Å²) in [6.45, 7) is 6.00. The molecule has 3 rings (SSSR count). The summed E-state index contributed by atoms with van der Waals surface area (Å²) >= 11 is 0. The first-order chi connectivity index (χ1) is 15.1. The van der Waals surface area contributed by atoms with Gasteiger partial charge in [0.1, 0.15) is 11.6 Å². The Morgan fingerprint density at radius 3 is 2.34 bits per heavy atom. The summed E-state index contributed by atoms with van der Waals surface area (Å²) in [7, 11) is 8.08. The molecule has 1 aliphatic heterocycles. The molecule has 7 nitrogen and oxygen atoms in total. The third kappa shape index (κ3) is 3.88. The summed E-state index contributed by atoms with van der Waals surface area (Å²) < 4.78 is 30.9. The smallest absolute Gasteiger partial charge is 0.197 e. The number of methoxy groups -OCH3 is 3. The number of amidine groups is 1. The molecule has 0 bridgehead atoms. The molecule has 1 N–H and O–H groups in total. The summed E-state index contributed by atoms with van der Waals surface area (Å²) in [5.74, 6) is -0.0848. The topological polar surface area (TPSA) is 75.1 Å². The molecule has 2 aromatic carbocycles. The second-order valence-corrected chi connectivity index (χ2v) is 7.84. The number of hydrogen-bond donors (Lipinski definition) is 1. The van der Waals surface area contributed by atoms with Crippen molar-refractivity contribution < 1.29 is 23.4 Å². The summed E-state index contributed by atoms with van der Waals surface area (Å²) in [5, 5.41) is 8.46. The molecule has 0 radical (unpaired) electrons. The molecule has 0 aliphatic carbocycles. The molecule has 170 valence electrons. The number of rotatable bonds is 8. The summed E-state index contributed by atoms with van der Waals surface area (Å²) in [6.07, 6.45) is 0. The first kappa shape index (κ1) is 23.1. The number of allylic oxidation sites excluding steroid dienone is 1. The van der Waals surface area contributed by atoms with Crippen molar-refractivity contribution in [2.45, 2.75) is 13.5 Å². The largest absolute Gasteiger partial charge is 0.494 e. The van der Waals surface area contributed by atoms with Crippen molar-refractivity contribution in [3.8, 4) is 17.2 Å². The van der Waals surface area contributed by atoms with E-state index in [9.17, 15) is 9.18 Å². The third-order valence-electron chi connectivity index (χ3n) is 5.48. The van der Waals surface area contributed by atoms with E-state index in [1.807, 2.05) is 25.9 Å². The Bertz CT molecular complexity index is 1110. The van der Waals surface area contributed by atoms with Crippen molar-refractivity contribution in [1.82, 2.24) is 4.90 Å². The van der Waals surface area contributed by atoms with Crippen LogP contribution in [0.25, 0.3) is 5.57 Å². The molecular formula is C24H28FN3O4. The molecule has 0 spiro atoms. The zero-order valence-corrected chi connectivity index (χ0v) is 19.3. The maximum atomic E-state index is 15.0. The molecule has 0 saturated heterocycles. The molecule has 8 heteroatoms. The minimum Gasteiger partial charge on any atom is -0.494 e. The summed E-state index contributed by atoms with van der Waals surface area (Å²) in [4.78, 5) is 16.6. The van der Waals surface area contributed by atoms with Gasteiger partial charge in [-0.3, -0.25) is 10.2 Å². The highest BCUT2D eigenvalue weighted by atomic mass is 19.1. The van der Waals surface area contributed by atoms with Crippen LogP contribution in [0.2, 0.25) is 0 Å². The molecule has 0 fully saturated rings. The molecule has 0 unspecified atom stereocenters. The number of carbonyl (C=O) groups is 1. The van der Waals surface area contributed by atoms with Crippen molar-refractivity contribution in [3.05, 3.63) is 52.8 Å². The Morgan fingerprint density at radius 1 is 1.16 bits per heavy atom. The highest BCUT2D eigenvalue weighted by molar-refractivity contribution is 6.06. The van der Waals surface area contributed by atoms with Crippen molar-refractivity contribution in [3.63, 3.8) is 0 Å². The fraction of sp³-hybridized carbons (Fsp3) is 0.333. The predicted octanol–water partition coefficient (Wildman–Crippen LogP) is 3.97. The van der Waals surface area contributed by atoms with Crippen LogP contribution < -0.4 is 19.1 Å². The Balaban J connectivity index is 1.95. The van der Waals surface area contributed by atoms with E-state index >= 15 is 0 Å². The van der Waals surface area contributed by atoms with E-state index < -0.39 is 5.82 Å². The lowest BCUT2D eigenvalue weighted by molar-refractivity contribution is 0.0962. The number of carbonyl (C=O) groups excluding carboxylic acids is 1. The lowest BCUT2D eigenvalue weighted by Crippen LogP contribution is -2.30. The van der Waals surface area contributed by atoms with Gasteiger partial charge >= 0.3 is 0 Å². The van der Waals surface area contributed by atoms with E-state index in [4.69, 9.17) is 19.6 Å². The number of hydrogen-bond acceptors (Lipinski definition) is 6. The first-order valence-corrected chi connectivity index (χ1v) is 10.00. The Labute approximate surface area is 187 Å². The molecule has 0 atom stereocenters. The number of Topliss-reactive ketones (excluding diaryl/α,β-unsaturated/α-hetero) is 1. The van der Waals surface area contributed by atoms with E-state index in [1.165, 1.54) is 19.1 Å². The second kappa shape index (κ2) is 8.90. The van der Waals surface area contributed by atoms with Gasteiger partial charge in [0, 0.05) is 31.8 Å². The zero-order chi connectivity index (χ0) is 23.7. The van der Waals surface area contributed by atoms with Crippen LogP contribution in [-0.2, 0) is 6.54 Å². The fourth-order valence-electron chi connectivity index (χ4n) is 3.86. The fourth-order valence-corrected chi connectivity index (χ4v) is 3.86. The van der Waals surface area contributed by atoms with Gasteiger partial charge in [0.2, 0.25) is 0 Å². The van der Waals surface area contributed by atoms with Gasteiger partial charge in [0.05, 0.1) is 39.1 Å². The Hall–Kier alpha value is -3.55. The van der Waals surface area contributed by atoms with Crippen LogP contribution in [0, 0.1) is 11.2 Å². The molecule has 1 heterocycles. The van der Waals surface area contributed by atoms with Crippen LogP contribution in [0.1, 0.15) is 34.0 Å². The average molecular weight is 442 g/mol. The normalized spacial score (nSPS) is 12.5. The minimum absolute atomic E-state index is 0.0546. The van der Waals surface area contributed by atoms with Crippen LogP contribution >= 0.6 is 0 Å². The molecule has 32 heavy (non-hydrogen) atoms. The maximum absolute atomic E-state index is 15.0. The number of halogens is 1. The third-order valence-corrected chi connectivity index (χ3v) is 5.48. The van der Waals surface area contributed by atoms with Crippen LogP contribution in [0.3, 0.4) is 0 Å². The van der Waals surface area contributed by atoms with Crippen LogP contribution in [0.4, 0.5) is 10.1 Å². The number of ketones is 1. The van der Waals surface area contributed by atoms with Gasteiger partial charge < -0.3 is 24.0 Å². The molecular weight excluding hydrogens is 413 g/mol. The average Bonchev–Trinajstić information content (AvgIpc) is 3.07. The maximum Gasteiger partial charge on any atom is 0.197 e. The van der Waals surface area contributed by atoms with E-state index in [-0.39, 0.29) is 41.8 Å². The summed E-state index contributed by atoms with van der Waals surface area (Å²) in [6, 6.07) is 5.15. The van der Waals surface area contributed by atoms with E-state index in [1.54, 1.807) is 25.3 Å². The Morgan fingerprint density at radius 2 is 1.81 bits per heavy atom. The monoisotopic (exact) mass is 441 g/mol. The van der Waals surface area contributed by atoms with Crippen molar-refractivity contribution in [2.24, 2.45) is 0 Å². The van der Waals surface area contributed by atoms with Gasteiger partial charge in [0.25, 0.3) is 0 Å². The summed E-state index contributed by atoms with van der Waals surface area (Å²) in [5.41, 5.74) is 3.42. The number of benzene rings is 2. The molecule has 0 amide bonds.